The van der Waals surface area contributed by atoms with Crippen LogP contribution in [0.15, 0.2) is 12.7 Å². The summed E-state index contributed by atoms with van der Waals surface area (Å²) in [6.07, 6.45) is 8.27. The Bertz CT molecular complexity index is 574. The van der Waals surface area contributed by atoms with Crippen molar-refractivity contribution in [1.29, 1.82) is 0 Å². The lowest BCUT2D eigenvalue weighted by atomic mass is 9.77. The highest BCUT2D eigenvalue weighted by Gasteiger charge is 2.43. The van der Waals surface area contributed by atoms with Crippen molar-refractivity contribution >= 4 is 5.91 Å². The van der Waals surface area contributed by atoms with Crippen molar-refractivity contribution in [3.8, 4) is 0 Å². The average Bonchev–Trinajstić information content (AvgIpc) is 3.10. The maximum atomic E-state index is 11.6. The van der Waals surface area contributed by atoms with Crippen LogP contribution in [0.5, 0.6) is 0 Å². The van der Waals surface area contributed by atoms with Crippen LogP contribution in [0.25, 0.3) is 0 Å². The number of carbonyl (C=O) groups is 1. The summed E-state index contributed by atoms with van der Waals surface area (Å²) in [5.74, 6) is 2.17. The summed E-state index contributed by atoms with van der Waals surface area (Å²) >= 11 is 0. The number of hydrogen-bond acceptors (Lipinski definition) is 5. The highest BCUT2D eigenvalue weighted by Crippen LogP contribution is 2.38. The summed E-state index contributed by atoms with van der Waals surface area (Å²) in [6, 6.07) is 0.174. The summed E-state index contributed by atoms with van der Waals surface area (Å²) in [6.45, 7) is 6.63. The van der Waals surface area contributed by atoms with Crippen molar-refractivity contribution in [2.45, 2.75) is 51.3 Å². The van der Waals surface area contributed by atoms with Crippen molar-refractivity contribution in [3.63, 3.8) is 0 Å². The van der Waals surface area contributed by atoms with Crippen molar-refractivity contribution in [3.05, 3.63) is 12.7 Å². The molecule has 3 aliphatic rings. The highest BCUT2D eigenvalue weighted by molar-refractivity contribution is 5.73. The normalized spacial score (nSPS) is 32.5. The lowest BCUT2D eigenvalue weighted by molar-refractivity contribution is -0.122. The summed E-state index contributed by atoms with van der Waals surface area (Å²) < 4.78 is 8.12. The Morgan fingerprint density at radius 2 is 2.04 bits per heavy atom. The van der Waals surface area contributed by atoms with Crippen molar-refractivity contribution in [2.24, 2.45) is 17.8 Å². The molecule has 0 unspecified atom stereocenters. The van der Waals surface area contributed by atoms with Gasteiger partial charge in [0.05, 0.1) is 18.7 Å². The minimum Gasteiger partial charge on any atom is -0.376 e. The van der Waals surface area contributed by atoms with Gasteiger partial charge in [0.1, 0.15) is 12.7 Å². The van der Waals surface area contributed by atoms with E-state index in [-0.39, 0.29) is 18.1 Å². The fraction of sp³-hybridized carbons (Fsp3) is 0.833. The molecule has 3 fully saturated rings. The standard InChI is InChI=1S/C18H29N5O2/c1-13(24)21-17-6-15-8-22(4-5-23-12-19-11-20-23)9-16(15)7-18(17)25-10-14-2-3-14/h11-12,14-18H,2-10H2,1H3,(H,21,24)/t15-,16+,17-,18-/m1/s1. The Hall–Kier alpha value is -1.47. The van der Waals surface area contributed by atoms with Gasteiger partial charge in [0.25, 0.3) is 0 Å². The fourth-order valence-electron chi connectivity index (χ4n) is 4.43. The Balaban J connectivity index is 1.32. The number of nitrogens with zero attached hydrogens (tertiary/aromatic N) is 4. The van der Waals surface area contributed by atoms with E-state index in [9.17, 15) is 4.79 Å². The number of fused-ring (bicyclic) bond motifs is 1. The lowest BCUT2D eigenvalue weighted by Gasteiger charge is -2.38. The molecule has 4 rings (SSSR count). The second-order valence-electron chi connectivity index (χ2n) is 8.03. The van der Waals surface area contributed by atoms with Crippen LogP contribution in [0.3, 0.4) is 0 Å². The molecule has 7 heteroatoms. The van der Waals surface area contributed by atoms with Gasteiger partial charge in [-0.25, -0.2) is 4.98 Å². The Labute approximate surface area is 149 Å². The monoisotopic (exact) mass is 347 g/mol. The van der Waals surface area contributed by atoms with Gasteiger partial charge in [-0.2, -0.15) is 5.10 Å². The van der Waals surface area contributed by atoms with E-state index in [1.165, 1.54) is 12.8 Å². The summed E-state index contributed by atoms with van der Waals surface area (Å²) in [5.41, 5.74) is 0. The van der Waals surface area contributed by atoms with Gasteiger partial charge in [-0.1, -0.05) is 0 Å². The maximum Gasteiger partial charge on any atom is 0.217 e. The molecule has 1 N–H and O–H groups in total. The summed E-state index contributed by atoms with van der Waals surface area (Å²) in [5, 5.41) is 7.34. The van der Waals surface area contributed by atoms with E-state index in [1.54, 1.807) is 19.6 Å². The average molecular weight is 347 g/mol. The second kappa shape index (κ2) is 7.41. The van der Waals surface area contributed by atoms with Gasteiger partial charge in [0.2, 0.25) is 5.91 Å². The molecule has 25 heavy (non-hydrogen) atoms. The first-order chi connectivity index (χ1) is 12.2. The summed E-state index contributed by atoms with van der Waals surface area (Å²) in [7, 11) is 0. The lowest BCUT2D eigenvalue weighted by Crippen LogP contribution is -2.50. The van der Waals surface area contributed by atoms with Crippen LogP contribution in [0, 0.1) is 17.8 Å². The van der Waals surface area contributed by atoms with E-state index in [2.05, 4.69) is 20.3 Å². The van der Waals surface area contributed by atoms with Gasteiger partial charge in [0, 0.05) is 33.2 Å². The Kier molecular flexibility index (Phi) is 5.03. The van der Waals surface area contributed by atoms with Crippen molar-refractivity contribution in [1.82, 2.24) is 25.0 Å². The van der Waals surface area contributed by atoms with Gasteiger partial charge < -0.3 is 15.0 Å². The molecule has 0 spiro atoms. The van der Waals surface area contributed by atoms with E-state index in [1.807, 2.05) is 4.68 Å². The predicted molar refractivity (Wildman–Crippen MR) is 92.7 cm³/mol. The first-order valence-corrected chi connectivity index (χ1v) is 9.61. The van der Waals surface area contributed by atoms with Gasteiger partial charge in [-0.15, -0.1) is 0 Å². The van der Waals surface area contributed by atoms with Crippen molar-refractivity contribution in [2.75, 3.05) is 26.2 Å². The number of nitrogens with one attached hydrogen (secondary N) is 1. The maximum absolute atomic E-state index is 11.6. The van der Waals surface area contributed by atoms with Gasteiger partial charge in [0.15, 0.2) is 0 Å². The molecule has 1 saturated heterocycles. The second-order valence-corrected chi connectivity index (χ2v) is 8.03. The number of ether oxygens (including phenoxy) is 1. The SMILES string of the molecule is CC(=O)N[C@@H]1C[C@@H]2CN(CCn3cncn3)C[C@@H]2C[C@H]1OCC1CC1. The van der Waals surface area contributed by atoms with E-state index in [0.717, 1.165) is 51.5 Å². The molecule has 4 atom stereocenters. The Morgan fingerprint density at radius 1 is 1.24 bits per heavy atom. The van der Waals surface area contributed by atoms with E-state index < -0.39 is 0 Å². The first-order valence-electron chi connectivity index (χ1n) is 9.61. The number of aromatic nitrogens is 3. The molecule has 138 valence electrons. The largest absolute Gasteiger partial charge is 0.376 e. The van der Waals surface area contributed by atoms with Crippen LogP contribution in [0.2, 0.25) is 0 Å². The topological polar surface area (TPSA) is 72.3 Å². The van der Waals surface area contributed by atoms with Crippen LogP contribution in [0.1, 0.15) is 32.6 Å². The molecule has 1 aliphatic heterocycles. The highest BCUT2D eigenvalue weighted by atomic mass is 16.5. The molecule has 0 aromatic carbocycles. The molecular formula is C18H29N5O2. The number of rotatable bonds is 7. The molecule has 1 aromatic heterocycles. The third-order valence-corrected chi connectivity index (χ3v) is 5.94. The van der Waals surface area contributed by atoms with E-state index in [4.69, 9.17) is 4.74 Å². The van der Waals surface area contributed by atoms with Gasteiger partial charge in [-0.05, 0) is 43.4 Å². The van der Waals surface area contributed by atoms with Crippen LogP contribution in [0.4, 0.5) is 0 Å². The molecule has 2 saturated carbocycles. The number of hydrogen-bond donors (Lipinski definition) is 1. The van der Waals surface area contributed by atoms with Crippen LogP contribution in [-0.4, -0.2) is 64.0 Å². The van der Waals surface area contributed by atoms with Gasteiger partial charge >= 0.3 is 0 Å². The quantitative estimate of drug-likeness (QED) is 0.794. The third kappa shape index (κ3) is 4.39. The molecule has 7 nitrogen and oxygen atoms in total. The number of amides is 1. The molecule has 2 heterocycles. The minimum atomic E-state index is 0.0597. The molecule has 0 bridgehead atoms. The fourth-order valence-corrected chi connectivity index (χ4v) is 4.43. The van der Waals surface area contributed by atoms with Gasteiger partial charge in [-0.3, -0.25) is 9.48 Å². The van der Waals surface area contributed by atoms with E-state index >= 15 is 0 Å². The zero-order valence-corrected chi connectivity index (χ0v) is 15.0. The number of likely N-dealkylation sites (tertiary alicyclic amines) is 1. The third-order valence-electron chi connectivity index (χ3n) is 5.94. The smallest absolute Gasteiger partial charge is 0.217 e. The molecule has 2 aliphatic carbocycles. The molecule has 1 aromatic rings. The minimum absolute atomic E-state index is 0.0597. The molecule has 0 radical (unpaired) electrons. The van der Waals surface area contributed by atoms with Crippen LogP contribution < -0.4 is 5.32 Å². The first kappa shape index (κ1) is 17.0. The predicted octanol–water partition coefficient (Wildman–Crippen LogP) is 0.920. The zero-order chi connectivity index (χ0) is 17.2. The number of carbonyl (C=O) groups excluding carboxylic acids is 1. The Morgan fingerprint density at radius 3 is 2.72 bits per heavy atom. The van der Waals surface area contributed by atoms with Crippen LogP contribution in [-0.2, 0) is 16.1 Å². The zero-order valence-electron chi connectivity index (χ0n) is 15.0. The van der Waals surface area contributed by atoms with Crippen molar-refractivity contribution < 1.29 is 9.53 Å². The molecular weight excluding hydrogens is 318 g/mol. The molecule has 1 amide bonds. The summed E-state index contributed by atoms with van der Waals surface area (Å²) in [4.78, 5) is 18.1. The van der Waals surface area contributed by atoms with Crippen LogP contribution >= 0.6 is 0 Å². The van der Waals surface area contributed by atoms with E-state index in [0.29, 0.717) is 11.8 Å².